The third-order valence-electron chi connectivity index (χ3n) is 3.16. The molecule has 1 saturated heterocycles. The number of rotatable bonds is 5. The zero-order valence-electron chi connectivity index (χ0n) is 10.7. The van der Waals surface area contributed by atoms with Crippen LogP contribution in [0, 0.1) is 11.3 Å². The quantitative estimate of drug-likeness (QED) is 0.803. The maximum Gasteiger partial charge on any atom is 0.142 e. The van der Waals surface area contributed by atoms with Gasteiger partial charge in [0.25, 0.3) is 0 Å². The van der Waals surface area contributed by atoms with E-state index in [-0.39, 0.29) is 0 Å². The predicted molar refractivity (Wildman–Crippen MR) is 71.8 cm³/mol. The monoisotopic (exact) mass is 245 g/mol. The normalized spacial score (nSPS) is 18.7. The van der Waals surface area contributed by atoms with Gasteiger partial charge in [0, 0.05) is 19.1 Å². The van der Waals surface area contributed by atoms with E-state index in [1.54, 1.807) is 0 Å². The standard InChI is InChI=1S/C14H19N3O/c1-2-18-14-6-4-3-5-13(14)17-10-7-12(11-17)16-9-8-15/h3-6,12,16H,2,7,9-11H2,1H3. The van der Waals surface area contributed by atoms with E-state index >= 15 is 0 Å². The fraction of sp³-hybridized carbons (Fsp3) is 0.500. The average Bonchev–Trinajstić information content (AvgIpc) is 2.86. The summed E-state index contributed by atoms with van der Waals surface area (Å²) in [5.41, 5.74) is 1.15. The van der Waals surface area contributed by atoms with Crippen LogP contribution < -0.4 is 15.0 Å². The Morgan fingerprint density at radius 1 is 1.50 bits per heavy atom. The van der Waals surface area contributed by atoms with E-state index in [4.69, 9.17) is 10.00 Å². The van der Waals surface area contributed by atoms with Gasteiger partial charge in [0.2, 0.25) is 0 Å². The van der Waals surface area contributed by atoms with E-state index in [9.17, 15) is 0 Å². The average molecular weight is 245 g/mol. The van der Waals surface area contributed by atoms with Crippen LogP contribution in [0.3, 0.4) is 0 Å². The maximum absolute atomic E-state index is 8.58. The van der Waals surface area contributed by atoms with Gasteiger partial charge in [0.1, 0.15) is 5.75 Å². The van der Waals surface area contributed by atoms with Gasteiger partial charge in [0.15, 0.2) is 0 Å². The summed E-state index contributed by atoms with van der Waals surface area (Å²) in [6, 6.07) is 10.7. The van der Waals surface area contributed by atoms with E-state index in [0.29, 0.717) is 19.2 Å². The molecule has 1 aliphatic heterocycles. The molecule has 0 spiro atoms. The molecule has 96 valence electrons. The second-order valence-corrected chi connectivity index (χ2v) is 4.37. The van der Waals surface area contributed by atoms with Gasteiger partial charge in [0.05, 0.1) is 24.9 Å². The summed E-state index contributed by atoms with van der Waals surface area (Å²) in [6.07, 6.45) is 1.07. The molecule has 4 heteroatoms. The predicted octanol–water partition coefficient (Wildman–Crippen LogP) is 1.78. The van der Waals surface area contributed by atoms with Crippen molar-refractivity contribution in [1.29, 1.82) is 5.26 Å². The van der Waals surface area contributed by atoms with Crippen LogP contribution >= 0.6 is 0 Å². The van der Waals surface area contributed by atoms with Gasteiger partial charge in [-0.2, -0.15) is 5.26 Å². The molecule has 4 nitrogen and oxygen atoms in total. The number of hydrogen-bond donors (Lipinski definition) is 1. The minimum Gasteiger partial charge on any atom is -0.492 e. The molecule has 1 N–H and O–H groups in total. The van der Waals surface area contributed by atoms with Crippen molar-refractivity contribution in [2.75, 3.05) is 31.1 Å². The van der Waals surface area contributed by atoms with Crippen LogP contribution in [-0.2, 0) is 0 Å². The molecule has 1 atom stereocenters. The highest BCUT2D eigenvalue weighted by atomic mass is 16.5. The summed E-state index contributed by atoms with van der Waals surface area (Å²) in [4.78, 5) is 2.32. The topological polar surface area (TPSA) is 48.3 Å². The van der Waals surface area contributed by atoms with Gasteiger partial charge in [-0.15, -0.1) is 0 Å². The smallest absolute Gasteiger partial charge is 0.142 e. The lowest BCUT2D eigenvalue weighted by Gasteiger charge is -2.21. The Labute approximate surface area is 108 Å². The van der Waals surface area contributed by atoms with E-state index in [2.05, 4.69) is 22.4 Å². The van der Waals surface area contributed by atoms with Gasteiger partial charge in [-0.25, -0.2) is 0 Å². The Morgan fingerprint density at radius 2 is 2.33 bits per heavy atom. The molecule has 0 bridgehead atoms. The molecular weight excluding hydrogens is 226 g/mol. The van der Waals surface area contributed by atoms with Crippen LogP contribution in [0.4, 0.5) is 5.69 Å². The molecule has 1 aliphatic rings. The molecule has 1 aromatic carbocycles. The molecule has 1 heterocycles. The highest BCUT2D eigenvalue weighted by Gasteiger charge is 2.23. The molecular formula is C14H19N3O. The van der Waals surface area contributed by atoms with Crippen molar-refractivity contribution in [1.82, 2.24) is 5.32 Å². The van der Waals surface area contributed by atoms with Crippen LogP contribution in [0.15, 0.2) is 24.3 Å². The lowest BCUT2D eigenvalue weighted by Crippen LogP contribution is -2.32. The first-order valence-electron chi connectivity index (χ1n) is 6.42. The second kappa shape index (κ2) is 6.27. The third-order valence-corrected chi connectivity index (χ3v) is 3.16. The molecule has 2 rings (SSSR count). The van der Waals surface area contributed by atoms with Gasteiger partial charge in [-0.05, 0) is 25.5 Å². The summed E-state index contributed by atoms with van der Waals surface area (Å²) in [5.74, 6) is 0.945. The molecule has 1 unspecified atom stereocenters. The number of nitrogens with one attached hydrogen (secondary N) is 1. The van der Waals surface area contributed by atoms with Gasteiger partial charge >= 0.3 is 0 Å². The number of para-hydroxylation sites is 2. The molecule has 18 heavy (non-hydrogen) atoms. The summed E-state index contributed by atoms with van der Waals surface area (Å²) in [5, 5.41) is 11.8. The zero-order chi connectivity index (χ0) is 12.8. The molecule has 0 radical (unpaired) electrons. The Hall–Kier alpha value is -1.73. The van der Waals surface area contributed by atoms with Gasteiger partial charge in [-0.3, -0.25) is 5.32 Å². The van der Waals surface area contributed by atoms with E-state index in [1.807, 2.05) is 25.1 Å². The first-order valence-corrected chi connectivity index (χ1v) is 6.42. The largest absolute Gasteiger partial charge is 0.492 e. The molecule has 1 fully saturated rings. The van der Waals surface area contributed by atoms with E-state index in [1.165, 1.54) is 0 Å². The highest BCUT2D eigenvalue weighted by Crippen LogP contribution is 2.30. The van der Waals surface area contributed by atoms with Crippen molar-refractivity contribution >= 4 is 5.69 Å². The van der Waals surface area contributed by atoms with Crippen LogP contribution in [0.5, 0.6) is 5.75 Å². The minimum absolute atomic E-state index is 0.402. The third kappa shape index (κ3) is 2.93. The van der Waals surface area contributed by atoms with Crippen LogP contribution in [0.25, 0.3) is 0 Å². The van der Waals surface area contributed by atoms with Crippen LogP contribution in [-0.4, -0.2) is 32.3 Å². The van der Waals surface area contributed by atoms with E-state index < -0.39 is 0 Å². The number of ether oxygens (including phenoxy) is 1. The summed E-state index contributed by atoms with van der Waals surface area (Å²) in [6.45, 7) is 5.05. The van der Waals surface area contributed by atoms with Crippen molar-refractivity contribution in [2.45, 2.75) is 19.4 Å². The number of benzene rings is 1. The van der Waals surface area contributed by atoms with Crippen molar-refractivity contribution in [3.05, 3.63) is 24.3 Å². The Balaban J connectivity index is 2.02. The Bertz CT molecular complexity index is 427. The molecule has 1 aromatic rings. The summed E-state index contributed by atoms with van der Waals surface area (Å²) < 4.78 is 5.65. The minimum atomic E-state index is 0.402. The lowest BCUT2D eigenvalue weighted by atomic mass is 10.2. The fourth-order valence-corrected chi connectivity index (χ4v) is 2.33. The van der Waals surface area contributed by atoms with Gasteiger partial charge < -0.3 is 9.64 Å². The number of anilines is 1. The first kappa shape index (κ1) is 12.7. The Morgan fingerprint density at radius 3 is 3.11 bits per heavy atom. The highest BCUT2D eigenvalue weighted by molar-refractivity contribution is 5.59. The Kier molecular flexibility index (Phi) is 4.43. The van der Waals surface area contributed by atoms with Crippen LogP contribution in [0.1, 0.15) is 13.3 Å². The molecule has 0 amide bonds. The number of nitrogens with zero attached hydrogens (tertiary/aromatic N) is 2. The van der Waals surface area contributed by atoms with Crippen molar-refractivity contribution in [2.24, 2.45) is 0 Å². The molecule has 0 saturated carbocycles. The van der Waals surface area contributed by atoms with Crippen molar-refractivity contribution < 1.29 is 4.74 Å². The van der Waals surface area contributed by atoms with Gasteiger partial charge in [-0.1, -0.05) is 12.1 Å². The second-order valence-electron chi connectivity index (χ2n) is 4.37. The maximum atomic E-state index is 8.58. The SMILES string of the molecule is CCOc1ccccc1N1CCC(NCC#N)C1. The first-order chi connectivity index (χ1) is 8.85. The van der Waals surface area contributed by atoms with Crippen LogP contribution in [0.2, 0.25) is 0 Å². The number of hydrogen-bond acceptors (Lipinski definition) is 4. The molecule has 0 aliphatic carbocycles. The summed E-state index contributed by atoms with van der Waals surface area (Å²) >= 11 is 0. The number of nitriles is 1. The zero-order valence-corrected chi connectivity index (χ0v) is 10.7. The lowest BCUT2D eigenvalue weighted by molar-refractivity contribution is 0.340. The molecule has 0 aromatic heterocycles. The van der Waals surface area contributed by atoms with E-state index in [0.717, 1.165) is 30.9 Å². The van der Waals surface area contributed by atoms with Crippen molar-refractivity contribution in [3.8, 4) is 11.8 Å². The van der Waals surface area contributed by atoms with Crippen molar-refractivity contribution in [3.63, 3.8) is 0 Å². The summed E-state index contributed by atoms with van der Waals surface area (Å²) in [7, 11) is 0. The fourth-order valence-electron chi connectivity index (χ4n) is 2.33.